The lowest BCUT2D eigenvalue weighted by Crippen LogP contribution is -2.30. The van der Waals surface area contributed by atoms with Crippen molar-refractivity contribution in [3.8, 4) is 0 Å². The van der Waals surface area contributed by atoms with Gasteiger partial charge in [-0.25, -0.2) is 0 Å². The molecule has 0 heterocycles. The van der Waals surface area contributed by atoms with E-state index in [1.807, 2.05) is 0 Å². The van der Waals surface area contributed by atoms with Crippen LogP contribution < -0.4 is 0 Å². The van der Waals surface area contributed by atoms with Gasteiger partial charge in [0.25, 0.3) is 0 Å². The zero-order chi connectivity index (χ0) is 43.0. The second kappa shape index (κ2) is 47.3. The van der Waals surface area contributed by atoms with Crippen LogP contribution in [0.25, 0.3) is 0 Å². The molecule has 0 bridgehead atoms. The minimum absolute atomic E-state index is 0.115. The Labute approximate surface area is 363 Å². The van der Waals surface area contributed by atoms with Crippen LogP contribution in [0.4, 0.5) is 0 Å². The first kappa shape index (κ1) is 55.6. The maximum atomic E-state index is 12.7. The fourth-order valence-electron chi connectivity index (χ4n) is 6.25. The lowest BCUT2D eigenvalue weighted by Gasteiger charge is -2.18. The molecule has 0 rings (SSSR count). The van der Waals surface area contributed by atoms with Crippen LogP contribution in [0.2, 0.25) is 0 Å². The second-order valence-corrected chi connectivity index (χ2v) is 15.7. The van der Waals surface area contributed by atoms with Crippen LogP contribution in [-0.4, -0.2) is 37.2 Å². The lowest BCUT2D eigenvalue weighted by atomic mass is 10.1. The van der Waals surface area contributed by atoms with Gasteiger partial charge >= 0.3 is 17.9 Å². The van der Waals surface area contributed by atoms with Gasteiger partial charge in [0, 0.05) is 19.3 Å². The summed E-state index contributed by atoms with van der Waals surface area (Å²) in [5.74, 6) is -1.02. The van der Waals surface area contributed by atoms with E-state index in [2.05, 4.69) is 106 Å². The van der Waals surface area contributed by atoms with E-state index >= 15 is 0 Å². The number of unbranched alkanes of at least 4 members (excludes halogenated alkanes) is 18. The summed E-state index contributed by atoms with van der Waals surface area (Å²) in [6.07, 6.45) is 60.1. The minimum Gasteiger partial charge on any atom is -0.462 e. The van der Waals surface area contributed by atoms with Gasteiger partial charge in [-0.05, 0) is 103 Å². The van der Waals surface area contributed by atoms with Crippen molar-refractivity contribution in [2.75, 3.05) is 13.2 Å². The Morgan fingerprint density at radius 3 is 1.27 bits per heavy atom. The van der Waals surface area contributed by atoms with Gasteiger partial charge in [0.2, 0.25) is 0 Å². The van der Waals surface area contributed by atoms with E-state index in [1.165, 1.54) is 83.5 Å². The highest BCUT2D eigenvalue weighted by Gasteiger charge is 2.19. The van der Waals surface area contributed by atoms with E-state index in [-0.39, 0.29) is 37.5 Å². The molecule has 0 aromatic rings. The number of hydrogen-bond donors (Lipinski definition) is 0. The largest absolute Gasteiger partial charge is 0.462 e. The molecule has 1 unspecified atom stereocenters. The van der Waals surface area contributed by atoms with Gasteiger partial charge in [-0.3, -0.25) is 14.4 Å². The SMILES string of the molecule is CC/C=C\C/C=C\CCCCC(=O)OCC(COC(=O)CCC/C=C\C/C=C\C/C=C\CCCCCCCC)OC(=O)CCCCCCCC/C=C\C=C/CCCCC. The standard InChI is InChI=1S/C53H88O6/c1-4-7-10-13-16-19-21-23-25-26-28-29-31-34-37-40-43-46-52(55)58-49-50(48-57-51(54)45-42-39-36-33-18-15-12-9-6-3)59-53(56)47-44-41-38-35-32-30-27-24-22-20-17-14-11-8-5-2/h9,12,17-18,20,22-25,28-29,33-34,37,50H,4-8,10-11,13-16,19,21,26-27,30-32,35-36,38-49H2,1-3H3/b12-9-,20-17-,24-22-,25-23-,29-28-,33-18-,37-34-. The molecule has 0 aliphatic carbocycles. The van der Waals surface area contributed by atoms with Crippen molar-refractivity contribution in [2.24, 2.45) is 0 Å². The summed E-state index contributed by atoms with van der Waals surface area (Å²) in [4.78, 5) is 37.7. The van der Waals surface area contributed by atoms with Gasteiger partial charge in [-0.1, -0.05) is 176 Å². The van der Waals surface area contributed by atoms with Crippen LogP contribution >= 0.6 is 0 Å². The molecule has 0 aliphatic heterocycles. The maximum Gasteiger partial charge on any atom is 0.306 e. The predicted molar refractivity (Wildman–Crippen MR) is 251 cm³/mol. The molecule has 0 amide bonds. The third kappa shape index (κ3) is 45.5. The number of esters is 3. The average Bonchev–Trinajstić information content (AvgIpc) is 3.23. The van der Waals surface area contributed by atoms with Crippen molar-refractivity contribution in [2.45, 2.75) is 219 Å². The molecule has 0 N–H and O–H groups in total. The topological polar surface area (TPSA) is 78.9 Å². The van der Waals surface area contributed by atoms with Gasteiger partial charge in [0.1, 0.15) is 13.2 Å². The smallest absolute Gasteiger partial charge is 0.306 e. The first-order valence-electron chi connectivity index (χ1n) is 24.1. The number of allylic oxidation sites excluding steroid dienone is 14. The summed E-state index contributed by atoms with van der Waals surface area (Å²) in [6, 6.07) is 0. The summed E-state index contributed by atoms with van der Waals surface area (Å²) in [5, 5.41) is 0. The summed E-state index contributed by atoms with van der Waals surface area (Å²) >= 11 is 0. The van der Waals surface area contributed by atoms with Crippen molar-refractivity contribution in [3.63, 3.8) is 0 Å². The second-order valence-electron chi connectivity index (χ2n) is 15.7. The predicted octanol–water partition coefficient (Wildman–Crippen LogP) is 15.6. The fourth-order valence-corrected chi connectivity index (χ4v) is 6.25. The van der Waals surface area contributed by atoms with Crippen LogP contribution in [0, 0.1) is 0 Å². The van der Waals surface area contributed by atoms with Crippen LogP contribution in [-0.2, 0) is 28.6 Å². The Kier molecular flexibility index (Phi) is 44.5. The number of rotatable bonds is 42. The van der Waals surface area contributed by atoms with E-state index in [1.54, 1.807) is 0 Å². The van der Waals surface area contributed by atoms with Gasteiger partial charge in [-0.15, -0.1) is 0 Å². The number of carbonyl (C=O) groups excluding carboxylic acids is 3. The molecule has 6 nitrogen and oxygen atoms in total. The van der Waals surface area contributed by atoms with Crippen molar-refractivity contribution in [1.82, 2.24) is 0 Å². The van der Waals surface area contributed by atoms with E-state index < -0.39 is 6.10 Å². The van der Waals surface area contributed by atoms with E-state index in [4.69, 9.17) is 14.2 Å². The molecular formula is C53H88O6. The molecule has 0 aromatic carbocycles. The third-order valence-electron chi connectivity index (χ3n) is 9.88. The molecule has 6 heteroatoms. The first-order valence-corrected chi connectivity index (χ1v) is 24.1. The molecule has 0 saturated carbocycles. The molecule has 0 aromatic heterocycles. The quantitative estimate of drug-likeness (QED) is 0.0201. The van der Waals surface area contributed by atoms with Gasteiger partial charge in [0.15, 0.2) is 6.10 Å². The summed E-state index contributed by atoms with van der Waals surface area (Å²) in [7, 11) is 0. The summed E-state index contributed by atoms with van der Waals surface area (Å²) < 4.78 is 16.6. The zero-order valence-corrected chi connectivity index (χ0v) is 38.2. The molecule has 1 atom stereocenters. The molecule has 0 fully saturated rings. The lowest BCUT2D eigenvalue weighted by molar-refractivity contribution is -0.167. The molecule has 336 valence electrons. The molecule has 59 heavy (non-hydrogen) atoms. The first-order chi connectivity index (χ1) is 29.0. The van der Waals surface area contributed by atoms with Crippen molar-refractivity contribution >= 4 is 17.9 Å². The highest BCUT2D eigenvalue weighted by molar-refractivity contribution is 5.71. The Hall–Kier alpha value is -3.41. The fraction of sp³-hybridized carbons (Fsp3) is 0.679. The monoisotopic (exact) mass is 821 g/mol. The van der Waals surface area contributed by atoms with E-state index in [0.29, 0.717) is 19.3 Å². The van der Waals surface area contributed by atoms with Crippen LogP contribution in [0.1, 0.15) is 213 Å². The molecule has 0 aliphatic rings. The van der Waals surface area contributed by atoms with Crippen LogP contribution in [0.15, 0.2) is 85.1 Å². The average molecular weight is 821 g/mol. The number of ether oxygens (including phenoxy) is 3. The van der Waals surface area contributed by atoms with Gasteiger partial charge in [0.05, 0.1) is 0 Å². The molecular weight excluding hydrogens is 733 g/mol. The van der Waals surface area contributed by atoms with Gasteiger partial charge < -0.3 is 14.2 Å². The third-order valence-corrected chi connectivity index (χ3v) is 9.88. The van der Waals surface area contributed by atoms with E-state index in [9.17, 15) is 14.4 Å². The Balaban J connectivity index is 4.47. The molecule has 0 radical (unpaired) electrons. The molecule has 0 spiro atoms. The normalized spacial score (nSPS) is 12.8. The minimum atomic E-state index is -0.814. The summed E-state index contributed by atoms with van der Waals surface area (Å²) in [5.41, 5.74) is 0. The summed E-state index contributed by atoms with van der Waals surface area (Å²) in [6.45, 7) is 6.37. The molecule has 0 saturated heterocycles. The highest BCUT2D eigenvalue weighted by Crippen LogP contribution is 2.12. The van der Waals surface area contributed by atoms with Gasteiger partial charge in [-0.2, -0.15) is 0 Å². The van der Waals surface area contributed by atoms with Crippen LogP contribution in [0.3, 0.4) is 0 Å². The Morgan fingerprint density at radius 1 is 0.373 bits per heavy atom. The Bertz CT molecular complexity index is 1170. The number of hydrogen-bond acceptors (Lipinski definition) is 6. The number of carbonyl (C=O) groups is 3. The maximum absolute atomic E-state index is 12.7. The van der Waals surface area contributed by atoms with Crippen molar-refractivity contribution in [3.05, 3.63) is 85.1 Å². The Morgan fingerprint density at radius 2 is 0.729 bits per heavy atom. The van der Waals surface area contributed by atoms with Crippen molar-refractivity contribution < 1.29 is 28.6 Å². The zero-order valence-electron chi connectivity index (χ0n) is 38.2. The van der Waals surface area contributed by atoms with Crippen LogP contribution in [0.5, 0.6) is 0 Å². The van der Waals surface area contributed by atoms with Crippen molar-refractivity contribution in [1.29, 1.82) is 0 Å². The van der Waals surface area contributed by atoms with E-state index in [0.717, 1.165) is 83.5 Å². The highest BCUT2D eigenvalue weighted by atomic mass is 16.6.